The maximum atomic E-state index is 11.6. The smallest absolute Gasteiger partial charge is 0.409 e. The van der Waals surface area contributed by atoms with Gasteiger partial charge in [0.05, 0.1) is 19.8 Å². The van der Waals surface area contributed by atoms with E-state index in [1.54, 1.807) is 4.90 Å². The molecule has 0 unspecified atom stereocenters. The van der Waals surface area contributed by atoms with Crippen LogP contribution in [0.1, 0.15) is 33.1 Å². The van der Waals surface area contributed by atoms with Crippen molar-refractivity contribution in [1.29, 1.82) is 0 Å². The second-order valence-corrected chi connectivity index (χ2v) is 5.95. The van der Waals surface area contributed by atoms with Gasteiger partial charge in [0.15, 0.2) is 11.7 Å². The van der Waals surface area contributed by atoms with Crippen molar-refractivity contribution in [2.24, 2.45) is 10.7 Å². The van der Waals surface area contributed by atoms with Crippen LogP contribution >= 0.6 is 24.0 Å². The van der Waals surface area contributed by atoms with E-state index in [4.69, 9.17) is 19.9 Å². The number of ether oxygens (including phenoxy) is 3. The number of guanidine groups is 1. The molecular formula is C15H29IN4O4. The van der Waals surface area contributed by atoms with Crippen LogP contribution in [0.2, 0.25) is 0 Å². The van der Waals surface area contributed by atoms with Crippen LogP contribution in [0.5, 0.6) is 0 Å². The lowest BCUT2D eigenvalue weighted by molar-refractivity contribution is -0.144. The summed E-state index contributed by atoms with van der Waals surface area (Å²) in [6.45, 7) is 7.29. The monoisotopic (exact) mass is 456 g/mol. The topological polar surface area (TPSA) is 98.4 Å². The van der Waals surface area contributed by atoms with Gasteiger partial charge in [-0.2, -0.15) is 0 Å². The largest absolute Gasteiger partial charge is 0.450 e. The van der Waals surface area contributed by atoms with Crippen LogP contribution in [0.15, 0.2) is 4.99 Å². The standard InChI is InChI=1S/C15H28N4O4.HI/c1-3-21-14(20)19-8-4-12(5-9-19)18-13(16)17-7-6-15(2)22-10-11-23-15;/h12H,3-11H2,1-2H3,(H3,16,17,18);1H. The molecule has 9 heteroatoms. The van der Waals surface area contributed by atoms with Crippen molar-refractivity contribution in [2.75, 3.05) is 39.5 Å². The van der Waals surface area contributed by atoms with E-state index in [1.807, 2.05) is 13.8 Å². The molecule has 0 aromatic heterocycles. The van der Waals surface area contributed by atoms with E-state index < -0.39 is 5.79 Å². The fraction of sp³-hybridized carbons (Fsp3) is 0.867. The van der Waals surface area contributed by atoms with Gasteiger partial charge in [0, 0.05) is 32.1 Å². The van der Waals surface area contributed by atoms with Crippen LogP contribution in [0.4, 0.5) is 4.79 Å². The predicted octanol–water partition coefficient (Wildman–Crippen LogP) is 1.28. The third-order valence-corrected chi connectivity index (χ3v) is 4.12. The molecule has 0 spiro atoms. The minimum atomic E-state index is -0.533. The fourth-order valence-corrected chi connectivity index (χ4v) is 2.76. The lowest BCUT2D eigenvalue weighted by Crippen LogP contribution is -2.48. The third kappa shape index (κ3) is 6.60. The van der Waals surface area contributed by atoms with Gasteiger partial charge in [-0.15, -0.1) is 24.0 Å². The summed E-state index contributed by atoms with van der Waals surface area (Å²) in [5.74, 6) is -0.101. The van der Waals surface area contributed by atoms with Crippen molar-refractivity contribution in [3.63, 3.8) is 0 Å². The highest BCUT2D eigenvalue weighted by Crippen LogP contribution is 2.22. The molecule has 1 amide bonds. The molecule has 3 N–H and O–H groups in total. The van der Waals surface area contributed by atoms with E-state index in [2.05, 4.69) is 10.3 Å². The molecule has 2 aliphatic heterocycles. The highest BCUT2D eigenvalue weighted by atomic mass is 127. The minimum Gasteiger partial charge on any atom is -0.450 e. The van der Waals surface area contributed by atoms with E-state index >= 15 is 0 Å². The first-order valence-electron chi connectivity index (χ1n) is 8.28. The molecule has 2 aliphatic rings. The lowest BCUT2D eigenvalue weighted by atomic mass is 10.1. The molecule has 2 rings (SSSR count). The molecule has 2 fully saturated rings. The summed E-state index contributed by atoms with van der Waals surface area (Å²) < 4.78 is 16.1. The molecule has 0 radical (unpaired) electrons. The van der Waals surface area contributed by atoms with Gasteiger partial charge in [0.25, 0.3) is 0 Å². The summed E-state index contributed by atoms with van der Waals surface area (Å²) in [6, 6.07) is 0.235. The lowest BCUT2D eigenvalue weighted by Gasteiger charge is -2.31. The number of amides is 1. The first kappa shape index (κ1) is 21.2. The molecule has 24 heavy (non-hydrogen) atoms. The molecule has 0 saturated carbocycles. The number of carbonyl (C=O) groups is 1. The Morgan fingerprint density at radius 3 is 2.58 bits per heavy atom. The molecule has 0 atom stereocenters. The minimum absolute atomic E-state index is 0. The number of likely N-dealkylation sites (tertiary alicyclic amines) is 1. The first-order valence-corrected chi connectivity index (χ1v) is 8.28. The third-order valence-electron chi connectivity index (χ3n) is 4.12. The van der Waals surface area contributed by atoms with Crippen LogP contribution in [0, 0.1) is 0 Å². The van der Waals surface area contributed by atoms with Crippen molar-refractivity contribution in [3.8, 4) is 0 Å². The zero-order valence-electron chi connectivity index (χ0n) is 14.5. The number of nitrogens with two attached hydrogens (primary N) is 1. The van der Waals surface area contributed by atoms with Crippen LogP contribution < -0.4 is 11.1 Å². The number of hydrogen-bond donors (Lipinski definition) is 2. The quantitative estimate of drug-likeness (QED) is 0.368. The van der Waals surface area contributed by atoms with E-state index in [0.717, 1.165) is 12.8 Å². The van der Waals surface area contributed by atoms with Crippen LogP contribution in [-0.2, 0) is 14.2 Å². The average Bonchev–Trinajstić information content (AvgIpc) is 2.95. The van der Waals surface area contributed by atoms with Gasteiger partial charge >= 0.3 is 6.09 Å². The molecule has 0 bridgehead atoms. The van der Waals surface area contributed by atoms with Gasteiger partial charge in [-0.1, -0.05) is 0 Å². The number of hydrogen-bond acceptors (Lipinski definition) is 5. The predicted molar refractivity (Wildman–Crippen MR) is 102 cm³/mol. The van der Waals surface area contributed by atoms with Crippen molar-refractivity contribution in [2.45, 2.75) is 44.9 Å². The Hall–Kier alpha value is -0.810. The zero-order chi connectivity index (χ0) is 16.7. The normalized spacial score (nSPS) is 21.2. The summed E-state index contributed by atoms with van der Waals surface area (Å²) in [5, 5.41) is 3.22. The van der Waals surface area contributed by atoms with Crippen LogP contribution in [0.3, 0.4) is 0 Å². The maximum Gasteiger partial charge on any atom is 0.409 e. The van der Waals surface area contributed by atoms with E-state index in [1.165, 1.54) is 0 Å². The number of piperidine rings is 1. The Kier molecular flexibility index (Phi) is 9.06. The van der Waals surface area contributed by atoms with Crippen LogP contribution in [-0.4, -0.2) is 68.2 Å². The number of halogens is 1. The van der Waals surface area contributed by atoms with Gasteiger partial charge in [0.1, 0.15) is 0 Å². The van der Waals surface area contributed by atoms with Gasteiger partial charge in [-0.3, -0.25) is 4.99 Å². The van der Waals surface area contributed by atoms with Crippen molar-refractivity contribution >= 4 is 36.0 Å². The number of aliphatic imine (C=N–C) groups is 1. The summed E-state index contributed by atoms with van der Waals surface area (Å²) in [7, 11) is 0. The van der Waals surface area contributed by atoms with Crippen LogP contribution in [0.25, 0.3) is 0 Å². The summed E-state index contributed by atoms with van der Waals surface area (Å²) in [6.07, 6.45) is 2.10. The van der Waals surface area contributed by atoms with E-state index in [-0.39, 0.29) is 36.1 Å². The van der Waals surface area contributed by atoms with E-state index in [9.17, 15) is 4.79 Å². The molecule has 8 nitrogen and oxygen atoms in total. The summed E-state index contributed by atoms with van der Waals surface area (Å²) in [4.78, 5) is 17.7. The molecule has 2 heterocycles. The van der Waals surface area contributed by atoms with Crippen molar-refractivity contribution in [3.05, 3.63) is 0 Å². The number of nitrogens with one attached hydrogen (secondary N) is 1. The second-order valence-electron chi connectivity index (χ2n) is 5.95. The fourth-order valence-electron chi connectivity index (χ4n) is 2.76. The number of nitrogens with zero attached hydrogens (tertiary/aromatic N) is 2. The summed E-state index contributed by atoms with van der Waals surface area (Å²) >= 11 is 0. The number of carbonyl (C=O) groups excluding carboxylic acids is 1. The first-order chi connectivity index (χ1) is 11.0. The Bertz CT molecular complexity index is 422. The second kappa shape index (κ2) is 10.2. The SMILES string of the molecule is CCOC(=O)N1CCC(NC(N)=NCCC2(C)OCCO2)CC1.I. The van der Waals surface area contributed by atoms with Gasteiger partial charge < -0.3 is 30.2 Å². The van der Waals surface area contributed by atoms with Gasteiger partial charge in [-0.05, 0) is 26.7 Å². The molecule has 0 aromatic carbocycles. The number of rotatable bonds is 5. The molecular weight excluding hydrogens is 427 g/mol. The van der Waals surface area contributed by atoms with E-state index in [0.29, 0.717) is 51.8 Å². The molecule has 0 aromatic rings. The molecule has 140 valence electrons. The maximum absolute atomic E-state index is 11.6. The Labute approximate surface area is 160 Å². The Balaban J connectivity index is 0.00000288. The zero-order valence-corrected chi connectivity index (χ0v) is 16.8. The van der Waals surface area contributed by atoms with Crippen molar-refractivity contribution in [1.82, 2.24) is 10.2 Å². The molecule has 2 saturated heterocycles. The highest BCUT2D eigenvalue weighted by molar-refractivity contribution is 14.0. The molecule has 0 aliphatic carbocycles. The van der Waals surface area contributed by atoms with Gasteiger partial charge in [0.2, 0.25) is 0 Å². The Morgan fingerprint density at radius 1 is 1.38 bits per heavy atom. The van der Waals surface area contributed by atoms with Crippen molar-refractivity contribution < 1.29 is 19.0 Å². The summed E-state index contributed by atoms with van der Waals surface area (Å²) in [5.41, 5.74) is 5.93. The van der Waals surface area contributed by atoms with Gasteiger partial charge in [-0.25, -0.2) is 4.79 Å². The average molecular weight is 456 g/mol. The Morgan fingerprint density at radius 2 is 2.00 bits per heavy atom. The highest BCUT2D eigenvalue weighted by Gasteiger charge is 2.30.